The molecule has 3 rings (SSSR count). The molecule has 1 aromatic heterocycles. The first-order valence-electron chi connectivity index (χ1n) is 7.48. The summed E-state index contributed by atoms with van der Waals surface area (Å²) in [5, 5.41) is 13.5. The number of anilines is 1. The number of aromatic amines is 1. The van der Waals surface area contributed by atoms with E-state index in [2.05, 4.69) is 20.0 Å². The minimum Gasteiger partial charge on any atom is -0.435 e. The number of para-hydroxylation sites is 1. The lowest BCUT2D eigenvalue weighted by molar-refractivity contribution is -0.0498. The second-order valence-corrected chi connectivity index (χ2v) is 5.28. The van der Waals surface area contributed by atoms with E-state index in [-0.39, 0.29) is 23.8 Å². The van der Waals surface area contributed by atoms with Crippen molar-refractivity contribution in [1.29, 1.82) is 0 Å². The van der Waals surface area contributed by atoms with Gasteiger partial charge in [0.15, 0.2) is 0 Å². The van der Waals surface area contributed by atoms with Crippen molar-refractivity contribution in [2.24, 2.45) is 0 Å². The number of fused-ring (bicyclic) bond motifs is 1. The molecule has 0 saturated carbocycles. The summed E-state index contributed by atoms with van der Waals surface area (Å²) >= 11 is 0. The molecule has 0 radical (unpaired) electrons. The molecule has 2 aromatic carbocycles. The van der Waals surface area contributed by atoms with Gasteiger partial charge in [0.25, 0.3) is 5.56 Å². The SMILES string of the molecule is O=c1[nH]c(NC[C@H](O)c2ccc(OC(F)F)cc2)nc2ccccc12. The molecule has 0 aliphatic heterocycles. The largest absolute Gasteiger partial charge is 0.435 e. The molecule has 25 heavy (non-hydrogen) atoms. The maximum absolute atomic E-state index is 12.1. The van der Waals surface area contributed by atoms with Crippen molar-refractivity contribution in [3.63, 3.8) is 0 Å². The predicted molar refractivity (Wildman–Crippen MR) is 88.9 cm³/mol. The summed E-state index contributed by atoms with van der Waals surface area (Å²) in [7, 11) is 0. The second kappa shape index (κ2) is 7.27. The van der Waals surface area contributed by atoms with Crippen LogP contribution in [0, 0.1) is 0 Å². The molecule has 0 aliphatic carbocycles. The Balaban J connectivity index is 1.67. The molecule has 3 aromatic rings. The van der Waals surface area contributed by atoms with E-state index in [9.17, 15) is 18.7 Å². The number of aliphatic hydroxyl groups is 1. The summed E-state index contributed by atoms with van der Waals surface area (Å²) in [6.45, 7) is -2.82. The van der Waals surface area contributed by atoms with Crippen LogP contribution in [-0.2, 0) is 0 Å². The molecule has 0 saturated heterocycles. The number of rotatable bonds is 6. The van der Waals surface area contributed by atoms with Crippen molar-refractivity contribution in [3.05, 3.63) is 64.4 Å². The van der Waals surface area contributed by atoms with Crippen LogP contribution in [0.15, 0.2) is 53.3 Å². The molecule has 0 spiro atoms. The molecule has 3 N–H and O–H groups in total. The number of alkyl halides is 2. The van der Waals surface area contributed by atoms with Crippen LogP contribution in [0.3, 0.4) is 0 Å². The van der Waals surface area contributed by atoms with Crippen LogP contribution in [0.25, 0.3) is 10.9 Å². The monoisotopic (exact) mass is 347 g/mol. The van der Waals surface area contributed by atoms with Gasteiger partial charge in [0.1, 0.15) is 5.75 Å². The first-order chi connectivity index (χ1) is 12.0. The topological polar surface area (TPSA) is 87.2 Å². The summed E-state index contributed by atoms with van der Waals surface area (Å²) in [5.74, 6) is 0.250. The first kappa shape index (κ1) is 16.8. The summed E-state index contributed by atoms with van der Waals surface area (Å²) in [6, 6.07) is 12.6. The van der Waals surface area contributed by atoms with Gasteiger partial charge >= 0.3 is 6.61 Å². The Hall–Kier alpha value is -3.00. The number of hydrogen-bond acceptors (Lipinski definition) is 5. The number of aliphatic hydroxyl groups excluding tert-OH is 1. The molecule has 0 unspecified atom stereocenters. The number of nitrogens with zero attached hydrogens (tertiary/aromatic N) is 1. The van der Waals surface area contributed by atoms with Crippen molar-refractivity contribution in [2.75, 3.05) is 11.9 Å². The molecule has 6 nitrogen and oxygen atoms in total. The lowest BCUT2D eigenvalue weighted by atomic mass is 10.1. The molecule has 130 valence electrons. The summed E-state index contributed by atoms with van der Waals surface area (Å²) in [4.78, 5) is 18.8. The van der Waals surface area contributed by atoms with Crippen molar-refractivity contribution < 1.29 is 18.6 Å². The number of hydrogen-bond donors (Lipinski definition) is 3. The fraction of sp³-hybridized carbons (Fsp3) is 0.176. The van der Waals surface area contributed by atoms with Gasteiger partial charge < -0.3 is 15.2 Å². The van der Waals surface area contributed by atoms with Gasteiger partial charge in [-0.15, -0.1) is 0 Å². The fourth-order valence-corrected chi connectivity index (χ4v) is 2.35. The Morgan fingerprint density at radius 2 is 1.88 bits per heavy atom. The van der Waals surface area contributed by atoms with Crippen molar-refractivity contribution in [2.45, 2.75) is 12.7 Å². The van der Waals surface area contributed by atoms with Crippen molar-refractivity contribution >= 4 is 16.9 Å². The third-order valence-corrected chi connectivity index (χ3v) is 3.57. The third-order valence-electron chi connectivity index (χ3n) is 3.57. The number of ether oxygens (including phenoxy) is 1. The molecule has 0 bridgehead atoms. The highest BCUT2D eigenvalue weighted by Crippen LogP contribution is 2.19. The van der Waals surface area contributed by atoms with Gasteiger partial charge in [-0.2, -0.15) is 8.78 Å². The summed E-state index contributed by atoms with van der Waals surface area (Å²) in [5.41, 5.74) is 0.769. The van der Waals surface area contributed by atoms with E-state index in [1.165, 1.54) is 24.3 Å². The molecule has 1 atom stereocenters. The highest BCUT2D eigenvalue weighted by Gasteiger charge is 2.10. The zero-order chi connectivity index (χ0) is 17.8. The van der Waals surface area contributed by atoms with Gasteiger partial charge in [-0.25, -0.2) is 4.98 Å². The van der Waals surface area contributed by atoms with Crippen LogP contribution < -0.4 is 15.6 Å². The Morgan fingerprint density at radius 1 is 1.16 bits per heavy atom. The van der Waals surface area contributed by atoms with Gasteiger partial charge in [0, 0.05) is 6.54 Å². The van der Waals surface area contributed by atoms with Crippen LogP contribution in [0.5, 0.6) is 5.75 Å². The molecule has 0 amide bonds. The summed E-state index contributed by atoms with van der Waals surface area (Å²) < 4.78 is 28.5. The van der Waals surface area contributed by atoms with Gasteiger partial charge in [-0.3, -0.25) is 9.78 Å². The second-order valence-electron chi connectivity index (χ2n) is 5.28. The number of nitrogens with one attached hydrogen (secondary N) is 2. The zero-order valence-electron chi connectivity index (χ0n) is 12.9. The van der Waals surface area contributed by atoms with Gasteiger partial charge in [-0.05, 0) is 29.8 Å². The Morgan fingerprint density at radius 3 is 2.60 bits per heavy atom. The molecule has 0 fully saturated rings. The Labute approximate surface area is 141 Å². The summed E-state index contributed by atoms with van der Waals surface area (Å²) in [6.07, 6.45) is -0.919. The maximum atomic E-state index is 12.1. The minimum atomic E-state index is -2.90. The highest BCUT2D eigenvalue weighted by molar-refractivity contribution is 5.78. The highest BCUT2D eigenvalue weighted by atomic mass is 19.3. The lowest BCUT2D eigenvalue weighted by Gasteiger charge is -2.13. The number of benzene rings is 2. The number of halogens is 2. The normalized spacial score (nSPS) is 12.3. The number of H-pyrrole nitrogens is 1. The van der Waals surface area contributed by atoms with Crippen molar-refractivity contribution in [1.82, 2.24) is 9.97 Å². The van der Waals surface area contributed by atoms with E-state index in [1.54, 1.807) is 24.3 Å². The van der Waals surface area contributed by atoms with E-state index >= 15 is 0 Å². The molecule has 8 heteroatoms. The predicted octanol–water partition coefficient (Wildman–Crippen LogP) is 2.67. The smallest absolute Gasteiger partial charge is 0.387 e. The quantitative estimate of drug-likeness (QED) is 0.638. The Bertz CT molecular complexity index is 913. The molecular weight excluding hydrogens is 332 g/mol. The average molecular weight is 347 g/mol. The number of aromatic nitrogens is 2. The molecular formula is C17H15F2N3O3. The Kier molecular flexibility index (Phi) is 4.90. The van der Waals surface area contributed by atoms with E-state index in [4.69, 9.17) is 0 Å². The van der Waals surface area contributed by atoms with E-state index < -0.39 is 12.7 Å². The van der Waals surface area contributed by atoms with Crippen molar-refractivity contribution in [3.8, 4) is 5.75 Å². The van der Waals surface area contributed by atoms with Gasteiger partial charge in [-0.1, -0.05) is 24.3 Å². The zero-order valence-corrected chi connectivity index (χ0v) is 12.9. The van der Waals surface area contributed by atoms with E-state index in [0.717, 1.165) is 0 Å². The first-order valence-corrected chi connectivity index (χ1v) is 7.48. The van der Waals surface area contributed by atoms with Crippen LogP contribution >= 0.6 is 0 Å². The average Bonchev–Trinajstić information content (AvgIpc) is 2.60. The lowest BCUT2D eigenvalue weighted by Crippen LogP contribution is -2.17. The molecule has 0 aliphatic rings. The minimum absolute atomic E-state index is 0.0134. The van der Waals surface area contributed by atoms with Gasteiger partial charge in [0.05, 0.1) is 17.0 Å². The van der Waals surface area contributed by atoms with E-state index in [0.29, 0.717) is 16.5 Å². The van der Waals surface area contributed by atoms with Crippen LogP contribution in [0.2, 0.25) is 0 Å². The van der Waals surface area contributed by atoms with Crippen LogP contribution in [-0.4, -0.2) is 28.2 Å². The fourth-order valence-electron chi connectivity index (χ4n) is 2.35. The van der Waals surface area contributed by atoms with Gasteiger partial charge in [0.2, 0.25) is 5.95 Å². The molecule has 1 heterocycles. The third kappa shape index (κ3) is 4.10. The maximum Gasteiger partial charge on any atom is 0.387 e. The standard InChI is InChI=1S/C17H15F2N3O3/c18-16(19)25-11-7-5-10(6-8-11)14(23)9-20-17-21-13-4-2-1-3-12(13)15(24)22-17/h1-8,14,16,23H,9H2,(H2,20,21,22,24)/t14-/m0/s1. The van der Waals surface area contributed by atoms with Crippen LogP contribution in [0.1, 0.15) is 11.7 Å². The van der Waals surface area contributed by atoms with Crippen LogP contribution in [0.4, 0.5) is 14.7 Å². The van der Waals surface area contributed by atoms with E-state index in [1.807, 2.05) is 0 Å².